The standard InChI is InChI=1S/C21H19ClN2O4S/c22-18-9-5-4-8-16(18)12-21(25)24-17-10-11-19(20(13-17)29(23,26)27)28-14-15-6-2-1-3-7-15/h1-11,13H,12,14H2,(H,24,25)(H2,23,26,27). The third-order valence-electron chi connectivity index (χ3n) is 4.08. The lowest BCUT2D eigenvalue weighted by atomic mass is 10.1. The van der Waals surface area contributed by atoms with Gasteiger partial charge in [-0.1, -0.05) is 60.1 Å². The van der Waals surface area contributed by atoms with Crippen LogP contribution >= 0.6 is 11.6 Å². The van der Waals surface area contributed by atoms with E-state index in [0.29, 0.717) is 10.6 Å². The Kier molecular flexibility index (Phi) is 6.53. The van der Waals surface area contributed by atoms with Crippen molar-refractivity contribution < 1.29 is 17.9 Å². The van der Waals surface area contributed by atoms with E-state index in [9.17, 15) is 13.2 Å². The minimum atomic E-state index is -4.06. The predicted octanol–water partition coefficient (Wildman–Crippen LogP) is 3.75. The fourth-order valence-corrected chi connectivity index (χ4v) is 3.58. The molecule has 0 spiro atoms. The van der Waals surface area contributed by atoms with Crippen LogP contribution in [0.25, 0.3) is 0 Å². The van der Waals surface area contributed by atoms with Crippen molar-refractivity contribution in [3.05, 3.63) is 88.9 Å². The number of nitrogens with two attached hydrogens (primary N) is 1. The molecule has 0 heterocycles. The van der Waals surface area contributed by atoms with Crippen LogP contribution in [0.2, 0.25) is 5.02 Å². The number of halogens is 1. The molecule has 0 saturated carbocycles. The summed E-state index contributed by atoms with van der Waals surface area (Å²) in [4.78, 5) is 12.1. The summed E-state index contributed by atoms with van der Waals surface area (Å²) in [7, 11) is -4.06. The molecule has 3 aromatic carbocycles. The fourth-order valence-electron chi connectivity index (χ4n) is 2.68. The van der Waals surface area contributed by atoms with Gasteiger partial charge in [0, 0.05) is 10.7 Å². The molecular weight excluding hydrogens is 412 g/mol. The molecular formula is C21H19ClN2O4S. The van der Waals surface area contributed by atoms with E-state index in [-0.39, 0.29) is 35.3 Å². The zero-order chi connectivity index (χ0) is 20.9. The number of amides is 1. The van der Waals surface area contributed by atoms with Gasteiger partial charge >= 0.3 is 0 Å². The summed E-state index contributed by atoms with van der Waals surface area (Å²) in [6.45, 7) is 0.182. The third-order valence-corrected chi connectivity index (χ3v) is 5.38. The van der Waals surface area contributed by atoms with Crippen LogP contribution in [-0.4, -0.2) is 14.3 Å². The zero-order valence-corrected chi connectivity index (χ0v) is 16.9. The van der Waals surface area contributed by atoms with Gasteiger partial charge in [0.05, 0.1) is 6.42 Å². The van der Waals surface area contributed by atoms with Crippen molar-refractivity contribution in [1.82, 2.24) is 0 Å². The van der Waals surface area contributed by atoms with Crippen LogP contribution < -0.4 is 15.2 Å². The molecule has 0 atom stereocenters. The smallest absolute Gasteiger partial charge is 0.241 e. The van der Waals surface area contributed by atoms with E-state index in [0.717, 1.165) is 5.56 Å². The normalized spacial score (nSPS) is 11.1. The number of primary sulfonamides is 1. The van der Waals surface area contributed by atoms with Crippen LogP contribution in [0.3, 0.4) is 0 Å². The predicted molar refractivity (Wildman–Crippen MR) is 112 cm³/mol. The highest BCUT2D eigenvalue weighted by Gasteiger charge is 2.17. The first kappa shape index (κ1) is 20.9. The molecule has 29 heavy (non-hydrogen) atoms. The van der Waals surface area contributed by atoms with E-state index in [4.69, 9.17) is 21.5 Å². The van der Waals surface area contributed by atoms with E-state index in [2.05, 4.69) is 5.32 Å². The molecule has 0 aromatic heterocycles. The Hall–Kier alpha value is -2.87. The van der Waals surface area contributed by atoms with Crippen LogP contribution in [0.15, 0.2) is 77.7 Å². The van der Waals surface area contributed by atoms with E-state index in [1.54, 1.807) is 30.3 Å². The Morgan fingerprint density at radius 2 is 1.69 bits per heavy atom. The molecule has 0 unspecified atom stereocenters. The highest BCUT2D eigenvalue weighted by atomic mass is 35.5. The molecule has 0 aliphatic carbocycles. The summed E-state index contributed by atoms with van der Waals surface area (Å²) in [5, 5.41) is 8.47. The largest absolute Gasteiger partial charge is 0.487 e. The fraction of sp³-hybridized carbons (Fsp3) is 0.0952. The molecule has 3 aromatic rings. The third kappa shape index (κ3) is 5.80. The van der Waals surface area contributed by atoms with Gasteiger partial charge in [0.1, 0.15) is 17.3 Å². The molecule has 0 saturated heterocycles. The van der Waals surface area contributed by atoms with Crippen LogP contribution in [0.1, 0.15) is 11.1 Å². The monoisotopic (exact) mass is 430 g/mol. The van der Waals surface area contributed by atoms with Gasteiger partial charge in [0.2, 0.25) is 15.9 Å². The number of hydrogen-bond acceptors (Lipinski definition) is 4. The van der Waals surface area contributed by atoms with Gasteiger partial charge in [-0.25, -0.2) is 13.6 Å². The first-order valence-electron chi connectivity index (χ1n) is 8.70. The van der Waals surface area contributed by atoms with Crippen LogP contribution in [0.5, 0.6) is 5.75 Å². The number of hydrogen-bond donors (Lipinski definition) is 2. The quantitative estimate of drug-likeness (QED) is 0.596. The van der Waals surface area contributed by atoms with Gasteiger partial charge < -0.3 is 10.1 Å². The van der Waals surface area contributed by atoms with Crippen LogP contribution in [-0.2, 0) is 27.8 Å². The minimum absolute atomic E-state index is 0.0522. The summed E-state index contributed by atoms with van der Waals surface area (Å²) in [5.41, 5.74) is 1.84. The molecule has 0 aliphatic heterocycles. The second-order valence-corrected chi connectivity index (χ2v) is 8.23. The minimum Gasteiger partial charge on any atom is -0.487 e. The number of rotatable bonds is 7. The summed E-state index contributed by atoms with van der Waals surface area (Å²) >= 11 is 6.07. The number of carbonyl (C=O) groups is 1. The first-order valence-corrected chi connectivity index (χ1v) is 10.6. The maximum Gasteiger partial charge on any atom is 0.241 e. The topological polar surface area (TPSA) is 98.5 Å². The molecule has 3 N–H and O–H groups in total. The Morgan fingerprint density at radius 1 is 1.00 bits per heavy atom. The van der Waals surface area contributed by atoms with Crippen LogP contribution in [0, 0.1) is 0 Å². The Balaban J connectivity index is 1.76. The molecule has 1 amide bonds. The number of carbonyl (C=O) groups excluding carboxylic acids is 1. The number of anilines is 1. The maximum absolute atomic E-state index is 12.3. The van der Waals surface area contributed by atoms with E-state index < -0.39 is 10.0 Å². The number of ether oxygens (including phenoxy) is 1. The first-order chi connectivity index (χ1) is 13.8. The highest BCUT2D eigenvalue weighted by Crippen LogP contribution is 2.27. The molecule has 3 rings (SSSR count). The lowest BCUT2D eigenvalue weighted by Crippen LogP contribution is -2.17. The Bertz CT molecular complexity index is 1120. The lowest BCUT2D eigenvalue weighted by molar-refractivity contribution is -0.115. The zero-order valence-electron chi connectivity index (χ0n) is 15.3. The van der Waals surface area contributed by atoms with Crippen molar-refractivity contribution in [2.24, 2.45) is 5.14 Å². The molecule has 0 bridgehead atoms. The van der Waals surface area contributed by atoms with Gasteiger partial charge in [-0.05, 0) is 35.4 Å². The maximum atomic E-state index is 12.3. The Morgan fingerprint density at radius 3 is 2.38 bits per heavy atom. The second-order valence-electron chi connectivity index (χ2n) is 6.30. The number of sulfonamides is 1. The summed E-state index contributed by atoms with van der Waals surface area (Å²) < 4.78 is 29.6. The molecule has 8 heteroatoms. The molecule has 0 radical (unpaired) electrons. The van der Waals surface area contributed by atoms with E-state index in [1.165, 1.54) is 12.1 Å². The highest BCUT2D eigenvalue weighted by molar-refractivity contribution is 7.89. The van der Waals surface area contributed by atoms with Crippen molar-refractivity contribution in [3.63, 3.8) is 0 Å². The van der Waals surface area contributed by atoms with Crippen molar-refractivity contribution in [2.45, 2.75) is 17.9 Å². The second kappa shape index (κ2) is 9.09. The van der Waals surface area contributed by atoms with Crippen LogP contribution in [0.4, 0.5) is 5.69 Å². The van der Waals surface area contributed by atoms with Crippen molar-refractivity contribution >= 4 is 33.2 Å². The SMILES string of the molecule is NS(=O)(=O)c1cc(NC(=O)Cc2ccccc2Cl)ccc1OCc1ccccc1. The molecule has 150 valence electrons. The van der Waals surface area contributed by atoms with Gasteiger partial charge in [0.15, 0.2) is 0 Å². The summed E-state index contributed by atoms with van der Waals surface area (Å²) in [6.07, 6.45) is 0.0522. The number of nitrogens with one attached hydrogen (secondary N) is 1. The van der Waals surface area contributed by atoms with Crippen molar-refractivity contribution in [2.75, 3.05) is 5.32 Å². The van der Waals surface area contributed by atoms with E-state index >= 15 is 0 Å². The van der Waals surface area contributed by atoms with E-state index in [1.807, 2.05) is 30.3 Å². The van der Waals surface area contributed by atoms with Gasteiger partial charge in [0.25, 0.3) is 0 Å². The molecule has 0 aliphatic rings. The number of benzene rings is 3. The Labute approximate surface area is 174 Å². The average molecular weight is 431 g/mol. The summed E-state index contributed by atoms with van der Waals surface area (Å²) in [5.74, 6) is -0.225. The summed E-state index contributed by atoms with van der Waals surface area (Å²) in [6, 6.07) is 20.6. The van der Waals surface area contributed by atoms with Gasteiger partial charge in [-0.2, -0.15) is 0 Å². The van der Waals surface area contributed by atoms with Crippen molar-refractivity contribution in [3.8, 4) is 5.75 Å². The molecule has 0 fully saturated rings. The van der Waals surface area contributed by atoms with Crippen molar-refractivity contribution in [1.29, 1.82) is 0 Å². The molecule has 6 nitrogen and oxygen atoms in total. The average Bonchev–Trinajstić information content (AvgIpc) is 2.69. The lowest BCUT2D eigenvalue weighted by Gasteiger charge is -2.13. The van der Waals surface area contributed by atoms with Gasteiger partial charge in [-0.3, -0.25) is 4.79 Å². The van der Waals surface area contributed by atoms with Gasteiger partial charge in [-0.15, -0.1) is 0 Å².